The van der Waals surface area contributed by atoms with Gasteiger partial charge in [0.25, 0.3) is 0 Å². The Kier molecular flexibility index (Phi) is 4.98. The Morgan fingerprint density at radius 2 is 2.13 bits per heavy atom. The van der Waals surface area contributed by atoms with Crippen molar-refractivity contribution in [1.29, 1.82) is 0 Å². The van der Waals surface area contributed by atoms with Crippen LogP contribution in [0.4, 0.5) is 0 Å². The van der Waals surface area contributed by atoms with E-state index in [1.165, 1.54) is 17.3 Å². The fourth-order valence-electron chi connectivity index (χ4n) is 2.30. The first-order valence-corrected chi connectivity index (χ1v) is 8.55. The number of hydrogen-bond acceptors (Lipinski definition) is 4. The Balaban J connectivity index is 1.64. The molecule has 1 amide bonds. The van der Waals surface area contributed by atoms with Crippen molar-refractivity contribution < 1.29 is 9.21 Å². The van der Waals surface area contributed by atoms with Gasteiger partial charge in [-0.1, -0.05) is 36.9 Å². The van der Waals surface area contributed by atoms with Gasteiger partial charge in [-0.2, -0.15) is 0 Å². The second-order valence-corrected chi connectivity index (χ2v) is 6.11. The fraction of sp³-hybridized carbons (Fsp3) is 0.222. The molecule has 23 heavy (non-hydrogen) atoms. The van der Waals surface area contributed by atoms with E-state index in [1.807, 2.05) is 30.3 Å². The van der Waals surface area contributed by atoms with Crippen molar-refractivity contribution in [2.75, 3.05) is 5.75 Å². The number of aromatic nitrogens is 1. The summed E-state index contributed by atoms with van der Waals surface area (Å²) in [5.74, 6) is 1.07. The van der Waals surface area contributed by atoms with Gasteiger partial charge in [0.15, 0.2) is 0 Å². The molecule has 0 aliphatic carbocycles. The molecule has 2 heterocycles. The highest BCUT2D eigenvalue weighted by Crippen LogP contribution is 2.25. The van der Waals surface area contributed by atoms with E-state index in [1.54, 1.807) is 6.26 Å². The number of para-hydroxylation sites is 1. The summed E-state index contributed by atoms with van der Waals surface area (Å²) < 4.78 is 5.20. The first-order chi connectivity index (χ1) is 11.3. The number of fused-ring (bicyclic) bond motifs is 1. The number of nitrogens with zero attached hydrogens (tertiary/aromatic N) is 1. The molecule has 0 radical (unpaired) electrons. The first kappa shape index (κ1) is 15.6. The number of nitrogens with one attached hydrogen (secondary N) is 1. The third kappa shape index (κ3) is 3.93. The Bertz CT molecular complexity index is 800. The maximum Gasteiger partial charge on any atom is 0.230 e. The van der Waals surface area contributed by atoms with Gasteiger partial charge in [-0.3, -0.25) is 4.79 Å². The van der Waals surface area contributed by atoms with Crippen LogP contribution < -0.4 is 5.32 Å². The molecule has 0 aliphatic heterocycles. The van der Waals surface area contributed by atoms with Crippen LogP contribution in [0.3, 0.4) is 0 Å². The van der Waals surface area contributed by atoms with Crippen molar-refractivity contribution in [2.45, 2.75) is 24.9 Å². The average Bonchev–Trinajstić information content (AvgIpc) is 3.10. The van der Waals surface area contributed by atoms with Crippen molar-refractivity contribution in [2.24, 2.45) is 0 Å². The molecule has 3 rings (SSSR count). The third-order valence-corrected chi connectivity index (χ3v) is 4.56. The lowest BCUT2D eigenvalue weighted by Gasteiger charge is -2.09. The molecule has 1 N–H and O–H groups in total. The van der Waals surface area contributed by atoms with Crippen LogP contribution in [0.5, 0.6) is 0 Å². The lowest BCUT2D eigenvalue weighted by atomic mass is 10.1. The Hall–Kier alpha value is -2.27. The molecular formula is C18H18N2O2S. The van der Waals surface area contributed by atoms with E-state index in [-0.39, 0.29) is 5.91 Å². The number of rotatable bonds is 6. The third-order valence-electron chi connectivity index (χ3n) is 3.52. The predicted molar refractivity (Wildman–Crippen MR) is 92.4 cm³/mol. The Labute approximate surface area is 139 Å². The highest BCUT2D eigenvalue weighted by molar-refractivity contribution is 7.99. The van der Waals surface area contributed by atoms with Crippen LogP contribution in [0.1, 0.15) is 18.2 Å². The summed E-state index contributed by atoms with van der Waals surface area (Å²) in [5.41, 5.74) is 2.13. The number of benzene rings is 1. The molecule has 0 saturated heterocycles. The maximum atomic E-state index is 12.0. The molecule has 0 saturated carbocycles. The van der Waals surface area contributed by atoms with E-state index >= 15 is 0 Å². The number of pyridine rings is 1. The molecular weight excluding hydrogens is 308 g/mol. The van der Waals surface area contributed by atoms with Crippen molar-refractivity contribution >= 4 is 28.6 Å². The van der Waals surface area contributed by atoms with Gasteiger partial charge in [0.2, 0.25) is 5.91 Å². The molecule has 1 aromatic carbocycles. The largest absolute Gasteiger partial charge is 0.467 e. The molecule has 5 heteroatoms. The van der Waals surface area contributed by atoms with Gasteiger partial charge in [-0.15, -0.1) is 0 Å². The van der Waals surface area contributed by atoms with Crippen LogP contribution in [-0.4, -0.2) is 16.6 Å². The van der Waals surface area contributed by atoms with Crippen LogP contribution >= 0.6 is 11.8 Å². The summed E-state index contributed by atoms with van der Waals surface area (Å²) in [6, 6.07) is 13.9. The molecule has 118 valence electrons. The number of carbonyl (C=O) groups excluding carboxylic acids is 1. The molecule has 3 aromatic rings. The maximum absolute atomic E-state index is 12.0. The average molecular weight is 326 g/mol. The monoisotopic (exact) mass is 326 g/mol. The number of furan rings is 1. The Morgan fingerprint density at radius 3 is 2.91 bits per heavy atom. The molecule has 2 aromatic heterocycles. The topological polar surface area (TPSA) is 55.1 Å². The van der Waals surface area contributed by atoms with E-state index in [4.69, 9.17) is 9.40 Å². The quantitative estimate of drug-likeness (QED) is 0.700. The minimum atomic E-state index is -0.0246. The minimum absolute atomic E-state index is 0.0246. The zero-order chi connectivity index (χ0) is 16.1. The van der Waals surface area contributed by atoms with Crippen molar-refractivity contribution in [1.82, 2.24) is 10.3 Å². The molecule has 0 unspecified atom stereocenters. The smallest absolute Gasteiger partial charge is 0.230 e. The number of aryl methyl sites for hydroxylation is 1. The highest BCUT2D eigenvalue weighted by Gasteiger charge is 2.09. The fourth-order valence-corrected chi connectivity index (χ4v) is 3.23. The van der Waals surface area contributed by atoms with E-state index in [0.29, 0.717) is 12.3 Å². The van der Waals surface area contributed by atoms with E-state index in [0.717, 1.165) is 28.1 Å². The van der Waals surface area contributed by atoms with E-state index in [2.05, 4.69) is 24.4 Å². The normalized spacial score (nSPS) is 10.8. The van der Waals surface area contributed by atoms with Gasteiger partial charge >= 0.3 is 0 Å². The summed E-state index contributed by atoms with van der Waals surface area (Å²) in [4.78, 5) is 16.7. The van der Waals surface area contributed by atoms with Crippen molar-refractivity contribution in [3.05, 3.63) is 60.1 Å². The summed E-state index contributed by atoms with van der Waals surface area (Å²) in [7, 11) is 0. The molecule has 4 nitrogen and oxygen atoms in total. The standard InChI is InChI=1S/C18H18N2O2S/c1-2-13-10-14-6-3-4-8-16(14)20-18(13)23-12-17(21)19-11-15-7-5-9-22-15/h3-10H,2,11-12H2,1H3,(H,19,21). The van der Waals surface area contributed by atoms with Gasteiger partial charge in [0.1, 0.15) is 10.8 Å². The lowest BCUT2D eigenvalue weighted by molar-refractivity contribution is -0.118. The number of thioether (sulfide) groups is 1. The number of hydrogen-bond donors (Lipinski definition) is 1. The van der Waals surface area contributed by atoms with Crippen LogP contribution in [-0.2, 0) is 17.8 Å². The molecule has 0 spiro atoms. The second-order valence-electron chi connectivity index (χ2n) is 5.14. The molecule has 0 atom stereocenters. The van der Waals surface area contributed by atoms with Gasteiger partial charge in [0, 0.05) is 5.39 Å². The predicted octanol–water partition coefficient (Wildman–Crippen LogP) is 3.80. The zero-order valence-corrected chi connectivity index (χ0v) is 13.7. The lowest BCUT2D eigenvalue weighted by Crippen LogP contribution is -2.24. The molecule has 0 aliphatic rings. The summed E-state index contributed by atoms with van der Waals surface area (Å²) in [6.45, 7) is 2.52. The van der Waals surface area contributed by atoms with Crippen LogP contribution in [0.15, 0.2) is 58.2 Å². The van der Waals surface area contributed by atoms with Crippen LogP contribution in [0.2, 0.25) is 0 Å². The van der Waals surface area contributed by atoms with Gasteiger partial charge < -0.3 is 9.73 Å². The number of amides is 1. The summed E-state index contributed by atoms with van der Waals surface area (Å²) >= 11 is 1.48. The molecule has 0 fully saturated rings. The minimum Gasteiger partial charge on any atom is -0.467 e. The first-order valence-electron chi connectivity index (χ1n) is 7.57. The number of carbonyl (C=O) groups is 1. The van der Waals surface area contributed by atoms with E-state index in [9.17, 15) is 4.79 Å². The Morgan fingerprint density at radius 1 is 1.26 bits per heavy atom. The second kappa shape index (κ2) is 7.33. The highest BCUT2D eigenvalue weighted by atomic mass is 32.2. The van der Waals surface area contributed by atoms with E-state index < -0.39 is 0 Å². The van der Waals surface area contributed by atoms with Crippen molar-refractivity contribution in [3.8, 4) is 0 Å². The van der Waals surface area contributed by atoms with Crippen LogP contribution in [0.25, 0.3) is 10.9 Å². The van der Waals surface area contributed by atoms with Gasteiger partial charge in [0.05, 0.1) is 24.1 Å². The van der Waals surface area contributed by atoms with Gasteiger partial charge in [-0.05, 0) is 36.2 Å². The van der Waals surface area contributed by atoms with Crippen LogP contribution in [0, 0.1) is 0 Å². The van der Waals surface area contributed by atoms with Gasteiger partial charge in [-0.25, -0.2) is 4.98 Å². The molecule has 0 bridgehead atoms. The zero-order valence-electron chi connectivity index (χ0n) is 12.9. The summed E-state index contributed by atoms with van der Waals surface area (Å²) in [5, 5.41) is 4.91. The summed E-state index contributed by atoms with van der Waals surface area (Å²) in [6.07, 6.45) is 2.50. The SMILES string of the molecule is CCc1cc2ccccc2nc1SCC(=O)NCc1ccco1. The van der Waals surface area contributed by atoms with Crippen molar-refractivity contribution in [3.63, 3.8) is 0 Å².